The predicted molar refractivity (Wildman–Crippen MR) is 147 cm³/mol. The first-order valence-corrected chi connectivity index (χ1v) is 13.6. The number of hydrogen-bond donors (Lipinski definition) is 0. The van der Waals surface area contributed by atoms with Crippen molar-refractivity contribution < 1.29 is 4.79 Å². The second-order valence-electron chi connectivity index (χ2n) is 9.86. The Morgan fingerprint density at radius 2 is 1.36 bits per heavy atom. The van der Waals surface area contributed by atoms with Crippen molar-refractivity contribution in [2.75, 3.05) is 39.3 Å². The highest BCUT2D eigenvalue weighted by Gasteiger charge is 2.33. The maximum Gasteiger partial charge on any atom is 0.227 e. The first-order valence-electron chi connectivity index (χ1n) is 12.9. The van der Waals surface area contributed by atoms with E-state index in [4.69, 9.17) is 23.2 Å². The van der Waals surface area contributed by atoms with Crippen molar-refractivity contribution in [2.45, 2.75) is 25.4 Å². The number of piperidine rings is 1. The number of nitrogens with zero attached hydrogens (tertiary/aromatic N) is 3. The van der Waals surface area contributed by atoms with Crippen LogP contribution in [0, 0.1) is 5.92 Å². The van der Waals surface area contributed by atoms with Gasteiger partial charge in [0.2, 0.25) is 5.91 Å². The number of benzene rings is 3. The summed E-state index contributed by atoms with van der Waals surface area (Å²) in [5, 5.41) is 1.39. The molecule has 3 aromatic carbocycles. The number of hydrogen-bond acceptors (Lipinski definition) is 3. The van der Waals surface area contributed by atoms with Crippen LogP contribution in [0.15, 0.2) is 78.9 Å². The van der Waals surface area contributed by atoms with Crippen LogP contribution in [0.5, 0.6) is 0 Å². The van der Waals surface area contributed by atoms with Gasteiger partial charge in [0.15, 0.2) is 0 Å². The summed E-state index contributed by atoms with van der Waals surface area (Å²) in [5.41, 5.74) is 3.55. The minimum Gasteiger partial charge on any atom is -0.340 e. The zero-order chi connectivity index (χ0) is 24.9. The molecule has 0 aliphatic carbocycles. The van der Waals surface area contributed by atoms with Crippen molar-refractivity contribution in [2.24, 2.45) is 5.92 Å². The molecule has 0 spiro atoms. The molecule has 0 radical (unpaired) electrons. The Bertz CT molecular complexity index is 1090. The molecule has 1 atom stereocenters. The summed E-state index contributed by atoms with van der Waals surface area (Å²) < 4.78 is 0. The molecule has 36 heavy (non-hydrogen) atoms. The molecule has 2 saturated heterocycles. The third-order valence-electron chi connectivity index (χ3n) is 7.52. The fourth-order valence-corrected chi connectivity index (χ4v) is 6.17. The SMILES string of the molecule is O=C([C@@H]1CCCN(Cc2c(Cl)cccc2Cl)C1)N1CCN(C(c2ccccc2)c2ccccc2)CC1. The summed E-state index contributed by atoms with van der Waals surface area (Å²) in [6.07, 6.45) is 1.96. The monoisotopic (exact) mass is 521 g/mol. The lowest BCUT2D eigenvalue weighted by Crippen LogP contribution is -2.53. The molecule has 5 rings (SSSR count). The van der Waals surface area contributed by atoms with Crippen LogP contribution in [0.4, 0.5) is 0 Å². The Balaban J connectivity index is 1.22. The fraction of sp³-hybridized carbons (Fsp3) is 0.367. The molecule has 2 heterocycles. The fourth-order valence-electron chi connectivity index (χ4n) is 5.65. The zero-order valence-electron chi connectivity index (χ0n) is 20.5. The van der Waals surface area contributed by atoms with E-state index in [1.807, 2.05) is 18.2 Å². The highest BCUT2D eigenvalue weighted by atomic mass is 35.5. The normalized spacial score (nSPS) is 19.5. The maximum atomic E-state index is 13.5. The second-order valence-corrected chi connectivity index (χ2v) is 10.7. The second kappa shape index (κ2) is 11.8. The lowest BCUT2D eigenvalue weighted by Gasteiger charge is -2.42. The van der Waals surface area contributed by atoms with E-state index in [0.29, 0.717) is 22.5 Å². The standard InChI is InChI=1S/C30H33Cl2N3O/c31-27-14-7-15-28(32)26(27)22-33-16-8-13-25(21-33)30(36)35-19-17-34(18-20-35)29(23-9-3-1-4-10-23)24-11-5-2-6-12-24/h1-7,9-12,14-15,25,29H,8,13,16-22H2/t25-/m1/s1. The van der Waals surface area contributed by atoms with Gasteiger partial charge in [0.05, 0.1) is 12.0 Å². The summed E-state index contributed by atoms with van der Waals surface area (Å²) in [4.78, 5) is 20.5. The van der Waals surface area contributed by atoms with Crippen LogP contribution in [0.25, 0.3) is 0 Å². The molecule has 0 saturated carbocycles. The van der Waals surface area contributed by atoms with Crippen LogP contribution in [0.2, 0.25) is 10.0 Å². The van der Waals surface area contributed by atoms with Crippen molar-refractivity contribution in [1.29, 1.82) is 0 Å². The average molecular weight is 523 g/mol. The first kappa shape index (κ1) is 25.3. The van der Waals surface area contributed by atoms with Crippen molar-refractivity contribution in [3.63, 3.8) is 0 Å². The van der Waals surface area contributed by atoms with Gasteiger partial charge in [-0.15, -0.1) is 0 Å². The number of likely N-dealkylation sites (tertiary alicyclic amines) is 1. The van der Waals surface area contributed by atoms with E-state index in [1.54, 1.807) is 0 Å². The summed E-state index contributed by atoms with van der Waals surface area (Å²) >= 11 is 12.8. The molecule has 0 N–H and O–H groups in total. The highest BCUT2D eigenvalue weighted by molar-refractivity contribution is 6.35. The van der Waals surface area contributed by atoms with Gasteiger partial charge in [-0.2, -0.15) is 0 Å². The molecule has 1 amide bonds. The Labute approximate surface area is 224 Å². The van der Waals surface area contributed by atoms with Gasteiger partial charge < -0.3 is 4.90 Å². The van der Waals surface area contributed by atoms with Gasteiger partial charge in [-0.3, -0.25) is 14.6 Å². The molecular weight excluding hydrogens is 489 g/mol. The van der Waals surface area contributed by atoms with Crippen molar-refractivity contribution in [3.05, 3.63) is 106 Å². The maximum absolute atomic E-state index is 13.5. The molecule has 3 aromatic rings. The lowest BCUT2D eigenvalue weighted by molar-refractivity contribution is -0.139. The Morgan fingerprint density at radius 1 is 0.778 bits per heavy atom. The van der Waals surface area contributed by atoms with Gasteiger partial charge in [-0.1, -0.05) is 89.9 Å². The van der Waals surface area contributed by atoms with Crippen LogP contribution in [0.1, 0.15) is 35.6 Å². The Morgan fingerprint density at radius 3 is 1.94 bits per heavy atom. The minimum absolute atomic E-state index is 0.0330. The lowest BCUT2D eigenvalue weighted by atomic mass is 9.94. The topological polar surface area (TPSA) is 26.8 Å². The number of amides is 1. The smallest absolute Gasteiger partial charge is 0.227 e. The van der Waals surface area contributed by atoms with Crippen molar-refractivity contribution in [3.8, 4) is 0 Å². The number of halogens is 2. The summed E-state index contributed by atoms with van der Waals surface area (Å²) in [6, 6.07) is 27.2. The molecule has 6 heteroatoms. The number of rotatable bonds is 6. The molecule has 0 unspecified atom stereocenters. The predicted octanol–water partition coefficient (Wildman–Crippen LogP) is 6.14. The molecule has 2 aliphatic heterocycles. The van der Waals surface area contributed by atoms with Crippen LogP contribution in [0.3, 0.4) is 0 Å². The quantitative estimate of drug-likeness (QED) is 0.389. The third-order valence-corrected chi connectivity index (χ3v) is 8.23. The molecule has 2 fully saturated rings. The van der Waals surface area contributed by atoms with E-state index in [9.17, 15) is 4.79 Å². The molecular formula is C30H33Cl2N3O. The van der Waals surface area contributed by atoms with Gasteiger partial charge in [-0.25, -0.2) is 0 Å². The largest absolute Gasteiger partial charge is 0.340 e. The Hall–Kier alpha value is -2.37. The average Bonchev–Trinajstić information content (AvgIpc) is 2.92. The Kier molecular flexibility index (Phi) is 8.28. The zero-order valence-corrected chi connectivity index (χ0v) is 22.0. The van der Waals surface area contributed by atoms with E-state index in [1.165, 1.54) is 11.1 Å². The molecule has 0 aromatic heterocycles. The van der Waals surface area contributed by atoms with Crippen LogP contribution >= 0.6 is 23.2 Å². The van der Waals surface area contributed by atoms with Crippen LogP contribution in [-0.4, -0.2) is 59.9 Å². The van der Waals surface area contributed by atoms with Gasteiger partial charge in [0.25, 0.3) is 0 Å². The van der Waals surface area contributed by atoms with Crippen LogP contribution in [-0.2, 0) is 11.3 Å². The van der Waals surface area contributed by atoms with E-state index >= 15 is 0 Å². The minimum atomic E-state index is 0.0330. The van der Waals surface area contributed by atoms with Crippen molar-refractivity contribution >= 4 is 29.1 Å². The molecule has 188 valence electrons. The van der Waals surface area contributed by atoms with E-state index in [2.05, 4.69) is 75.4 Å². The number of carbonyl (C=O) groups is 1. The van der Waals surface area contributed by atoms with Gasteiger partial charge in [0, 0.05) is 54.9 Å². The number of carbonyl (C=O) groups excluding carboxylic acids is 1. The van der Waals surface area contributed by atoms with E-state index in [0.717, 1.165) is 57.7 Å². The molecule has 4 nitrogen and oxygen atoms in total. The third kappa shape index (κ3) is 5.78. The molecule has 0 bridgehead atoms. The molecule has 2 aliphatic rings. The summed E-state index contributed by atoms with van der Waals surface area (Å²) in [6.45, 7) is 5.68. The van der Waals surface area contributed by atoms with Crippen molar-refractivity contribution in [1.82, 2.24) is 14.7 Å². The summed E-state index contributed by atoms with van der Waals surface area (Å²) in [7, 11) is 0. The summed E-state index contributed by atoms with van der Waals surface area (Å²) in [5.74, 6) is 0.325. The van der Waals surface area contributed by atoms with E-state index < -0.39 is 0 Å². The number of piperazine rings is 1. The first-order chi connectivity index (χ1) is 17.6. The van der Waals surface area contributed by atoms with Gasteiger partial charge in [-0.05, 0) is 42.6 Å². The van der Waals surface area contributed by atoms with Crippen LogP contribution < -0.4 is 0 Å². The highest BCUT2D eigenvalue weighted by Crippen LogP contribution is 2.31. The van der Waals surface area contributed by atoms with E-state index in [-0.39, 0.29) is 12.0 Å². The van der Waals surface area contributed by atoms with Gasteiger partial charge >= 0.3 is 0 Å². The van der Waals surface area contributed by atoms with Gasteiger partial charge in [0.1, 0.15) is 0 Å².